The Balaban J connectivity index is 1.75. The van der Waals surface area contributed by atoms with Crippen LogP contribution in [-0.4, -0.2) is 59.3 Å². The third-order valence-corrected chi connectivity index (χ3v) is 5.79. The number of likely N-dealkylation sites (tertiary alicyclic amines) is 1. The second-order valence-electron chi connectivity index (χ2n) is 7.75. The van der Waals surface area contributed by atoms with E-state index in [0.29, 0.717) is 31.5 Å². The van der Waals surface area contributed by atoms with Gasteiger partial charge < -0.3 is 10.2 Å². The summed E-state index contributed by atoms with van der Waals surface area (Å²) in [4.78, 5) is 34.1. The van der Waals surface area contributed by atoms with Gasteiger partial charge in [0.15, 0.2) is 0 Å². The SMILES string of the molecule is CCC1=N[C@]2(CC[C@H]3CN(C(=O)NCC(C)C)C[C@H]32)C(=O)N1CC. The van der Waals surface area contributed by atoms with Crippen LogP contribution in [0.2, 0.25) is 0 Å². The van der Waals surface area contributed by atoms with Gasteiger partial charge in [0.1, 0.15) is 11.4 Å². The van der Waals surface area contributed by atoms with Crippen LogP contribution >= 0.6 is 0 Å². The largest absolute Gasteiger partial charge is 0.338 e. The molecule has 1 saturated carbocycles. The molecule has 3 rings (SSSR count). The van der Waals surface area contributed by atoms with Crippen molar-refractivity contribution in [3.8, 4) is 0 Å². The average molecular weight is 334 g/mol. The lowest BCUT2D eigenvalue weighted by atomic mass is 9.85. The van der Waals surface area contributed by atoms with Gasteiger partial charge in [-0.1, -0.05) is 20.8 Å². The predicted molar refractivity (Wildman–Crippen MR) is 93.9 cm³/mol. The van der Waals surface area contributed by atoms with Gasteiger partial charge in [-0.2, -0.15) is 0 Å². The van der Waals surface area contributed by atoms with Gasteiger partial charge in [-0.15, -0.1) is 0 Å². The molecular formula is C18H30N4O2. The number of amidine groups is 1. The number of rotatable bonds is 4. The molecule has 6 heteroatoms. The van der Waals surface area contributed by atoms with Gasteiger partial charge in [-0.05, 0) is 31.6 Å². The fraction of sp³-hybridized carbons (Fsp3) is 0.833. The van der Waals surface area contributed by atoms with Crippen LogP contribution in [0.25, 0.3) is 0 Å². The molecule has 2 heterocycles. The summed E-state index contributed by atoms with van der Waals surface area (Å²) in [7, 11) is 0. The molecule has 0 bridgehead atoms. The fourth-order valence-corrected chi connectivity index (χ4v) is 4.55. The lowest BCUT2D eigenvalue weighted by molar-refractivity contribution is -0.132. The van der Waals surface area contributed by atoms with Crippen LogP contribution in [0.4, 0.5) is 4.79 Å². The van der Waals surface area contributed by atoms with E-state index in [1.54, 1.807) is 0 Å². The number of nitrogens with one attached hydrogen (secondary N) is 1. The second kappa shape index (κ2) is 6.37. The molecule has 1 spiro atoms. The summed E-state index contributed by atoms with van der Waals surface area (Å²) < 4.78 is 0. The van der Waals surface area contributed by atoms with E-state index in [1.807, 2.05) is 16.7 Å². The molecule has 0 radical (unpaired) electrons. The highest BCUT2D eigenvalue weighted by Crippen LogP contribution is 2.50. The highest BCUT2D eigenvalue weighted by Gasteiger charge is 2.61. The van der Waals surface area contributed by atoms with Gasteiger partial charge in [-0.25, -0.2) is 4.79 Å². The molecule has 2 aliphatic heterocycles. The summed E-state index contributed by atoms with van der Waals surface area (Å²) in [5.74, 6) is 2.10. The van der Waals surface area contributed by atoms with Crippen molar-refractivity contribution in [3.05, 3.63) is 0 Å². The quantitative estimate of drug-likeness (QED) is 0.856. The van der Waals surface area contributed by atoms with E-state index in [-0.39, 0.29) is 17.9 Å². The Morgan fingerprint density at radius 1 is 1.38 bits per heavy atom. The van der Waals surface area contributed by atoms with Gasteiger partial charge in [0, 0.05) is 38.5 Å². The number of fused-ring (bicyclic) bond motifs is 2. The Kier molecular flexibility index (Phi) is 4.58. The zero-order chi connectivity index (χ0) is 17.5. The van der Waals surface area contributed by atoms with Crippen LogP contribution in [0.3, 0.4) is 0 Å². The molecule has 3 amide bonds. The Bertz CT molecular complexity index is 559. The minimum absolute atomic E-state index is 0.00531. The normalized spacial score (nSPS) is 32.0. The van der Waals surface area contributed by atoms with Crippen molar-refractivity contribution in [2.45, 2.75) is 52.5 Å². The van der Waals surface area contributed by atoms with Gasteiger partial charge in [0.25, 0.3) is 5.91 Å². The molecule has 2 fully saturated rings. The maximum absolute atomic E-state index is 13.1. The number of amides is 3. The van der Waals surface area contributed by atoms with E-state index < -0.39 is 5.54 Å². The van der Waals surface area contributed by atoms with Gasteiger partial charge >= 0.3 is 6.03 Å². The average Bonchev–Trinajstić information content (AvgIpc) is 3.19. The van der Waals surface area contributed by atoms with E-state index in [9.17, 15) is 9.59 Å². The first-order valence-corrected chi connectivity index (χ1v) is 9.36. The van der Waals surface area contributed by atoms with E-state index in [4.69, 9.17) is 4.99 Å². The van der Waals surface area contributed by atoms with Gasteiger partial charge in [0.05, 0.1) is 0 Å². The van der Waals surface area contributed by atoms with Crippen molar-refractivity contribution < 1.29 is 9.59 Å². The molecule has 3 aliphatic rings. The summed E-state index contributed by atoms with van der Waals surface area (Å²) >= 11 is 0. The molecule has 1 N–H and O–H groups in total. The number of carbonyl (C=O) groups is 2. The number of carbonyl (C=O) groups excluding carboxylic acids is 2. The Labute approximate surface area is 144 Å². The van der Waals surface area contributed by atoms with Crippen molar-refractivity contribution >= 4 is 17.8 Å². The molecule has 0 unspecified atom stereocenters. The number of hydrogen-bond acceptors (Lipinski definition) is 3. The highest BCUT2D eigenvalue weighted by molar-refractivity contribution is 6.08. The zero-order valence-corrected chi connectivity index (χ0v) is 15.3. The van der Waals surface area contributed by atoms with E-state index >= 15 is 0 Å². The zero-order valence-electron chi connectivity index (χ0n) is 15.3. The number of likely N-dealkylation sites (N-methyl/N-ethyl adjacent to an activating group) is 1. The van der Waals surface area contributed by atoms with Crippen LogP contribution in [0.1, 0.15) is 47.0 Å². The molecule has 0 aromatic rings. The van der Waals surface area contributed by atoms with Crippen LogP contribution in [0, 0.1) is 17.8 Å². The Morgan fingerprint density at radius 2 is 2.12 bits per heavy atom. The first kappa shape index (κ1) is 17.2. The van der Waals surface area contributed by atoms with E-state index in [0.717, 1.165) is 31.6 Å². The molecule has 6 nitrogen and oxygen atoms in total. The van der Waals surface area contributed by atoms with Crippen LogP contribution in [0.5, 0.6) is 0 Å². The molecule has 3 atom stereocenters. The first-order chi connectivity index (χ1) is 11.4. The molecule has 134 valence electrons. The molecule has 1 saturated heterocycles. The third kappa shape index (κ3) is 2.60. The van der Waals surface area contributed by atoms with Crippen LogP contribution in [-0.2, 0) is 4.79 Å². The van der Waals surface area contributed by atoms with Crippen molar-refractivity contribution in [1.82, 2.24) is 15.1 Å². The summed E-state index contributed by atoms with van der Waals surface area (Å²) in [5, 5.41) is 3.00. The monoisotopic (exact) mass is 334 g/mol. The van der Waals surface area contributed by atoms with Crippen molar-refractivity contribution in [3.63, 3.8) is 0 Å². The number of urea groups is 1. The predicted octanol–water partition coefficient (Wildman–Crippen LogP) is 2.10. The summed E-state index contributed by atoms with van der Waals surface area (Å²) in [6, 6.07) is 0.00531. The summed E-state index contributed by atoms with van der Waals surface area (Å²) in [6.45, 7) is 11.0. The van der Waals surface area contributed by atoms with Crippen LogP contribution in [0.15, 0.2) is 4.99 Å². The standard InChI is InChI=1S/C18H30N4O2/c1-5-15-20-18(16(23)22(15)6-2)8-7-13-10-21(11-14(13)18)17(24)19-9-12(3)4/h12-14H,5-11H2,1-4H3,(H,19,24)/t13-,14+,18-/m0/s1. The summed E-state index contributed by atoms with van der Waals surface area (Å²) in [5.41, 5.74) is -0.598. The molecule has 0 aromatic heterocycles. The lowest BCUT2D eigenvalue weighted by Crippen LogP contribution is -2.47. The minimum atomic E-state index is -0.598. The second-order valence-corrected chi connectivity index (χ2v) is 7.75. The van der Waals surface area contributed by atoms with Gasteiger partial charge in [-0.3, -0.25) is 14.7 Å². The Hall–Kier alpha value is -1.59. The topological polar surface area (TPSA) is 65.0 Å². The highest BCUT2D eigenvalue weighted by atomic mass is 16.2. The molecule has 24 heavy (non-hydrogen) atoms. The lowest BCUT2D eigenvalue weighted by Gasteiger charge is -2.28. The third-order valence-electron chi connectivity index (χ3n) is 5.79. The fourth-order valence-electron chi connectivity index (χ4n) is 4.55. The number of hydrogen-bond donors (Lipinski definition) is 1. The Morgan fingerprint density at radius 3 is 2.71 bits per heavy atom. The van der Waals surface area contributed by atoms with Gasteiger partial charge in [0.2, 0.25) is 0 Å². The number of nitrogens with zero attached hydrogens (tertiary/aromatic N) is 3. The molecule has 1 aliphatic carbocycles. The first-order valence-electron chi connectivity index (χ1n) is 9.36. The van der Waals surface area contributed by atoms with Crippen molar-refractivity contribution in [2.75, 3.05) is 26.2 Å². The molecular weight excluding hydrogens is 304 g/mol. The van der Waals surface area contributed by atoms with Crippen molar-refractivity contribution in [1.29, 1.82) is 0 Å². The summed E-state index contributed by atoms with van der Waals surface area (Å²) in [6.07, 6.45) is 2.61. The minimum Gasteiger partial charge on any atom is -0.338 e. The molecule has 0 aromatic carbocycles. The van der Waals surface area contributed by atoms with E-state index in [1.165, 1.54) is 0 Å². The smallest absolute Gasteiger partial charge is 0.317 e. The van der Waals surface area contributed by atoms with Crippen LogP contribution < -0.4 is 5.32 Å². The maximum Gasteiger partial charge on any atom is 0.317 e. The van der Waals surface area contributed by atoms with Crippen molar-refractivity contribution in [2.24, 2.45) is 22.7 Å². The maximum atomic E-state index is 13.1. The number of aliphatic imine (C=N–C) groups is 1. The van der Waals surface area contributed by atoms with E-state index in [2.05, 4.69) is 26.1 Å².